The first-order chi connectivity index (χ1) is 8.08. The van der Waals surface area contributed by atoms with E-state index in [9.17, 15) is 4.79 Å². The molecule has 1 rings (SSSR count). The van der Waals surface area contributed by atoms with Crippen LogP contribution in [0, 0.1) is 0 Å². The fourth-order valence-electron chi connectivity index (χ4n) is 1.65. The van der Waals surface area contributed by atoms with Crippen LogP contribution in [0.1, 0.15) is 31.9 Å². The van der Waals surface area contributed by atoms with Crippen molar-refractivity contribution in [3.05, 3.63) is 35.4 Å². The van der Waals surface area contributed by atoms with Crippen LogP contribution in [0.15, 0.2) is 24.3 Å². The standard InChI is InChI=1S/C14H18O3/c1-4-11-6-7-13(17-5-2)12(9-11)10(3)8-14(15)16/h6-9H,4-5H2,1-3H3,(H,15,16)/b10-8+. The third-order valence-corrected chi connectivity index (χ3v) is 2.52. The van der Waals surface area contributed by atoms with Crippen LogP contribution in [-0.2, 0) is 11.2 Å². The lowest BCUT2D eigenvalue weighted by Crippen LogP contribution is -1.98. The maximum Gasteiger partial charge on any atom is 0.328 e. The Balaban J connectivity index is 3.21. The summed E-state index contributed by atoms with van der Waals surface area (Å²) in [7, 11) is 0. The molecule has 3 heteroatoms. The van der Waals surface area contributed by atoms with Crippen molar-refractivity contribution >= 4 is 11.5 Å². The summed E-state index contributed by atoms with van der Waals surface area (Å²) >= 11 is 0. The first-order valence-electron chi connectivity index (χ1n) is 5.75. The van der Waals surface area contributed by atoms with E-state index < -0.39 is 5.97 Å². The zero-order chi connectivity index (χ0) is 12.8. The number of ether oxygens (including phenoxy) is 1. The number of benzene rings is 1. The third-order valence-electron chi connectivity index (χ3n) is 2.52. The number of aryl methyl sites for hydroxylation is 1. The van der Waals surface area contributed by atoms with Crippen LogP contribution < -0.4 is 4.74 Å². The van der Waals surface area contributed by atoms with Gasteiger partial charge >= 0.3 is 5.97 Å². The van der Waals surface area contributed by atoms with Crippen LogP contribution in [-0.4, -0.2) is 17.7 Å². The highest BCUT2D eigenvalue weighted by Crippen LogP contribution is 2.27. The highest BCUT2D eigenvalue weighted by molar-refractivity contribution is 5.90. The van der Waals surface area contributed by atoms with Crippen molar-refractivity contribution in [3.8, 4) is 5.75 Å². The van der Waals surface area contributed by atoms with E-state index in [0.29, 0.717) is 12.2 Å². The Hall–Kier alpha value is -1.77. The predicted octanol–water partition coefficient (Wildman–Crippen LogP) is 3.14. The minimum atomic E-state index is -0.938. The molecule has 0 heterocycles. The van der Waals surface area contributed by atoms with Gasteiger partial charge in [0.05, 0.1) is 6.61 Å². The minimum Gasteiger partial charge on any atom is -0.493 e. The van der Waals surface area contributed by atoms with Crippen molar-refractivity contribution in [2.45, 2.75) is 27.2 Å². The van der Waals surface area contributed by atoms with E-state index in [0.717, 1.165) is 17.7 Å². The van der Waals surface area contributed by atoms with Gasteiger partial charge in [0, 0.05) is 11.6 Å². The van der Waals surface area contributed by atoms with E-state index in [2.05, 4.69) is 6.92 Å². The fraction of sp³-hybridized carbons (Fsp3) is 0.357. The van der Waals surface area contributed by atoms with E-state index in [1.165, 1.54) is 11.6 Å². The van der Waals surface area contributed by atoms with Crippen molar-refractivity contribution in [2.75, 3.05) is 6.61 Å². The largest absolute Gasteiger partial charge is 0.493 e. The van der Waals surface area contributed by atoms with E-state index in [1.807, 2.05) is 25.1 Å². The van der Waals surface area contributed by atoms with Crippen molar-refractivity contribution in [1.82, 2.24) is 0 Å². The summed E-state index contributed by atoms with van der Waals surface area (Å²) in [6, 6.07) is 5.89. The molecule has 0 aliphatic rings. The molecular formula is C14H18O3. The molecule has 1 aromatic rings. The molecule has 17 heavy (non-hydrogen) atoms. The van der Waals surface area contributed by atoms with Crippen molar-refractivity contribution in [3.63, 3.8) is 0 Å². The first kappa shape index (κ1) is 13.3. The average Bonchev–Trinajstić information content (AvgIpc) is 2.29. The zero-order valence-corrected chi connectivity index (χ0v) is 10.5. The second kappa shape index (κ2) is 6.09. The Kier molecular flexibility index (Phi) is 4.76. The SMILES string of the molecule is CCOc1ccc(CC)cc1/C(C)=C/C(=O)O. The van der Waals surface area contributed by atoms with Gasteiger partial charge in [0.15, 0.2) is 0 Å². The van der Waals surface area contributed by atoms with E-state index in [4.69, 9.17) is 9.84 Å². The van der Waals surface area contributed by atoms with Crippen LogP contribution in [0.4, 0.5) is 0 Å². The molecule has 0 saturated carbocycles. The molecule has 0 amide bonds. The Labute approximate surface area is 102 Å². The van der Waals surface area contributed by atoms with Crippen LogP contribution in [0.3, 0.4) is 0 Å². The van der Waals surface area contributed by atoms with Gasteiger partial charge in [-0.1, -0.05) is 13.0 Å². The lowest BCUT2D eigenvalue weighted by Gasteiger charge is -2.11. The van der Waals surface area contributed by atoms with Gasteiger partial charge in [-0.3, -0.25) is 0 Å². The highest BCUT2D eigenvalue weighted by Gasteiger charge is 2.07. The maximum atomic E-state index is 10.7. The minimum absolute atomic E-state index is 0.568. The molecule has 0 aliphatic carbocycles. The highest BCUT2D eigenvalue weighted by atomic mass is 16.5. The molecule has 0 aromatic heterocycles. The molecule has 0 saturated heterocycles. The van der Waals surface area contributed by atoms with Crippen LogP contribution in [0.2, 0.25) is 0 Å². The van der Waals surface area contributed by atoms with Crippen molar-refractivity contribution in [1.29, 1.82) is 0 Å². The second-order valence-electron chi connectivity index (χ2n) is 3.78. The summed E-state index contributed by atoms with van der Waals surface area (Å²) in [6.45, 7) is 6.33. The monoisotopic (exact) mass is 234 g/mol. The molecule has 0 spiro atoms. The number of allylic oxidation sites excluding steroid dienone is 1. The van der Waals surface area contributed by atoms with Gasteiger partial charge in [-0.2, -0.15) is 0 Å². The van der Waals surface area contributed by atoms with Gasteiger partial charge in [0.25, 0.3) is 0 Å². The van der Waals surface area contributed by atoms with Crippen LogP contribution >= 0.6 is 0 Å². The summed E-state index contributed by atoms with van der Waals surface area (Å²) in [5.74, 6) is -0.202. The normalized spacial score (nSPS) is 11.4. The molecule has 0 radical (unpaired) electrons. The number of carbonyl (C=O) groups is 1. The topological polar surface area (TPSA) is 46.5 Å². The maximum absolute atomic E-state index is 10.7. The average molecular weight is 234 g/mol. The van der Waals surface area contributed by atoms with E-state index in [1.54, 1.807) is 6.92 Å². The van der Waals surface area contributed by atoms with Gasteiger partial charge in [-0.25, -0.2) is 4.79 Å². The Morgan fingerprint density at radius 2 is 2.12 bits per heavy atom. The number of hydrogen-bond donors (Lipinski definition) is 1. The zero-order valence-electron chi connectivity index (χ0n) is 10.5. The second-order valence-corrected chi connectivity index (χ2v) is 3.78. The number of hydrogen-bond acceptors (Lipinski definition) is 2. The van der Waals surface area contributed by atoms with Crippen LogP contribution in [0.5, 0.6) is 5.75 Å². The van der Waals surface area contributed by atoms with Gasteiger partial charge in [0.1, 0.15) is 5.75 Å². The van der Waals surface area contributed by atoms with E-state index >= 15 is 0 Å². The lowest BCUT2D eigenvalue weighted by atomic mass is 10.0. The first-order valence-corrected chi connectivity index (χ1v) is 5.75. The van der Waals surface area contributed by atoms with Crippen molar-refractivity contribution < 1.29 is 14.6 Å². The van der Waals surface area contributed by atoms with Gasteiger partial charge in [-0.15, -0.1) is 0 Å². The number of aliphatic carboxylic acids is 1. The number of carboxylic acid groups (broad SMARTS) is 1. The predicted molar refractivity (Wildman–Crippen MR) is 68.3 cm³/mol. The molecule has 0 atom stereocenters. The summed E-state index contributed by atoms with van der Waals surface area (Å²) in [5.41, 5.74) is 2.73. The molecule has 0 bridgehead atoms. The van der Waals surface area contributed by atoms with Gasteiger partial charge in [-0.05, 0) is 43.5 Å². The summed E-state index contributed by atoms with van der Waals surface area (Å²) in [4.78, 5) is 10.7. The molecule has 0 unspecified atom stereocenters. The fourth-order valence-corrected chi connectivity index (χ4v) is 1.65. The number of rotatable bonds is 5. The molecule has 1 N–H and O–H groups in total. The number of carboxylic acids is 1. The smallest absolute Gasteiger partial charge is 0.328 e. The van der Waals surface area contributed by atoms with Crippen LogP contribution in [0.25, 0.3) is 5.57 Å². The Bertz CT molecular complexity index is 433. The molecular weight excluding hydrogens is 216 g/mol. The van der Waals surface area contributed by atoms with Gasteiger partial charge in [0.2, 0.25) is 0 Å². The Morgan fingerprint density at radius 3 is 2.65 bits per heavy atom. The summed E-state index contributed by atoms with van der Waals surface area (Å²) in [5, 5.41) is 8.78. The third kappa shape index (κ3) is 3.63. The molecule has 0 aliphatic heterocycles. The van der Waals surface area contributed by atoms with Crippen molar-refractivity contribution in [2.24, 2.45) is 0 Å². The molecule has 1 aromatic carbocycles. The molecule has 92 valence electrons. The lowest BCUT2D eigenvalue weighted by molar-refractivity contribution is -0.131. The Morgan fingerprint density at radius 1 is 1.41 bits per heavy atom. The quantitative estimate of drug-likeness (QED) is 0.796. The summed E-state index contributed by atoms with van der Waals surface area (Å²) in [6.07, 6.45) is 2.12. The van der Waals surface area contributed by atoms with Gasteiger partial charge < -0.3 is 9.84 Å². The summed E-state index contributed by atoms with van der Waals surface area (Å²) < 4.78 is 5.51. The van der Waals surface area contributed by atoms with E-state index in [-0.39, 0.29) is 0 Å². The molecule has 0 fully saturated rings. The molecule has 3 nitrogen and oxygen atoms in total.